The first-order valence-corrected chi connectivity index (χ1v) is 4.28. The number of ether oxygens (including phenoxy) is 1. The van der Waals surface area contributed by atoms with Gasteiger partial charge in [-0.25, -0.2) is 4.68 Å². The third kappa shape index (κ3) is 3.09. The Bertz CT molecular complexity index is 299. The maximum absolute atomic E-state index is 10.4. The van der Waals surface area contributed by atoms with E-state index in [0.717, 1.165) is 0 Å². The molecule has 7 heteroatoms. The summed E-state index contributed by atoms with van der Waals surface area (Å²) in [5.74, 6) is -0.434. The highest BCUT2D eigenvalue weighted by atomic mass is 16.5. The van der Waals surface area contributed by atoms with E-state index in [9.17, 15) is 4.79 Å². The molecule has 0 spiro atoms. The largest absolute Gasteiger partial charge is 0.480 e. The van der Waals surface area contributed by atoms with E-state index in [1.807, 2.05) is 6.92 Å². The van der Waals surface area contributed by atoms with Gasteiger partial charge in [-0.1, -0.05) is 0 Å². The second-order valence-electron chi connectivity index (χ2n) is 2.59. The maximum Gasteiger partial charge on any atom is 0.325 e. The Balaban J connectivity index is 2.49. The summed E-state index contributed by atoms with van der Waals surface area (Å²) in [7, 11) is 0. The lowest BCUT2D eigenvalue weighted by Gasteiger charge is -2.01. The fourth-order valence-corrected chi connectivity index (χ4v) is 0.961. The molecule has 0 unspecified atom stereocenters. The molecule has 0 aliphatic heterocycles. The molecule has 0 saturated carbocycles. The summed E-state index contributed by atoms with van der Waals surface area (Å²) in [6.45, 7) is 2.80. The van der Waals surface area contributed by atoms with Gasteiger partial charge in [-0.2, -0.15) is 0 Å². The Morgan fingerprint density at radius 3 is 3.07 bits per heavy atom. The molecule has 1 aromatic heterocycles. The predicted octanol–water partition coefficient (Wildman–Crippen LogP) is -0.663. The molecule has 0 fully saturated rings. The van der Waals surface area contributed by atoms with E-state index in [-0.39, 0.29) is 6.54 Å². The molecule has 1 heterocycles. The first-order chi connectivity index (χ1) is 6.74. The van der Waals surface area contributed by atoms with Crippen LogP contribution in [0, 0.1) is 0 Å². The van der Waals surface area contributed by atoms with Gasteiger partial charge < -0.3 is 9.84 Å². The van der Waals surface area contributed by atoms with Gasteiger partial charge in [0.1, 0.15) is 6.54 Å². The molecule has 0 saturated heterocycles. The zero-order valence-electron chi connectivity index (χ0n) is 7.88. The minimum absolute atomic E-state index is 0.214. The molecular formula is C7H12N4O3. The molecule has 1 N–H and O–H groups in total. The smallest absolute Gasteiger partial charge is 0.325 e. The van der Waals surface area contributed by atoms with Crippen molar-refractivity contribution in [3.05, 3.63) is 5.82 Å². The van der Waals surface area contributed by atoms with Crippen LogP contribution in [-0.4, -0.2) is 44.5 Å². The SMILES string of the molecule is CCOCCc1nnnn1CC(=O)O. The van der Waals surface area contributed by atoms with Crippen LogP contribution in [0.2, 0.25) is 0 Å². The lowest BCUT2D eigenvalue weighted by atomic mass is 10.4. The quantitative estimate of drug-likeness (QED) is 0.613. The predicted molar refractivity (Wildman–Crippen MR) is 45.6 cm³/mol. The van der Waals surface area contributed by atoms with E-state index in [4.69, 9.17) is 9.84 Å². The van der Waals surface area contributed by atoms with Crippen molar-refractivity contribution in [1.29, 1.82) is 0 Å². The monoisotopic (exact) mass is 200 g/mol. The Kier molecular flexibility index (Phi) is 3.99. The zero-order chi connectivity index (χ0) is 10.4. The molecule has 0 aliphatic rings. The van der Waals surface area contributed by atoms with Gasteiger partial charge in [0.2, 0.25) is 0 Å². The molecule has 0 bridgehead atoms. The Morgan fingerprint density at radius 1 is 1.64 bits per heavy atom. The number of hydrogen-bond donors (Lipinski definition) is 1. The second kappa shape index (κ2) is 5.28. The average molecular weight is 200 g/mol. The fourth-order valence-electron chi connectivity index (χ4n) is 0.961. The van der Waals surface area contributed by atoms with Crippen LogP contribution in [0.5, 0.6) is 0 Å². The van der Waals surface area contributed by atoms with Gasteiger partial charge in [-0.3, -0.25) is 4.79 Å². The third-order valence-electron chi connectivity index (χ3n) is 1.57. The first-order valence-electron chi connectivity index (χ1n) is 4.28. The average Bonchev–Trinajstić information content (AvgIpc) is 2.52. The molecule has 1 rings (SSSR count). The van der Waals surface area contributed by atoms with Crippen LogP contribution < -0.4 is 0 Å². The summed E-state index contributed by atoms with van der Waals surface area (Å²) in [4.78, 5) is 10.4. The van der Waals surface area contributed by atoms with Gasteiger partial charge >= 0.3 is 5.97 Å². The van der Waals surface area contributed by atoms with E-state index in [2.05, 4.69) is 15.5 Å². The van der Waals surface area contributed by atoms with Crippen LogP contribution in [0.4, 0.5) is 0 Å². The number of rotatable bonds is 6. The van der Waals surface area contributed by atoms with Gasteiger partial charge in [0.25, 0.3) is 0 Å². The van der Waals surface area contributed by atoms with Gasteiger partial charge in [-0.15, -0.1) is 5.10 Å². The number of aromatic nitrogens is 4. The van der Waals surface area contributed by atoms with Crippen molar-refractivity contribution in [1.82, 2.24) is 20.2 Å². The minimum Gasteiger partial charge on any atom is -0.480 e. The molecule has 7 nitrogen and oxygen atoms in total. The van der Waals surface area contributed by atoms with Crippen LogP contribution in [-0.2, 0) is 22.5 Å². The Labute approximate surface area is 80.7 Å². The summed E-state index contributed by atoms with van der Waals surface area (Å²) in [5, 5.41) is 19.2. The van der Waals surface area contributed by atoms with Gasteiger partial charge in [-0.05, 0) is 17.4 Å². The standard InChI is InChI=1S/C7H12N4O3/c1-2-14-4-3-6-8-9-10-11(6)5-7(12)13/h2-5H2,1H3,(H,12,13). The van der Waals surface area contributed by atoms with Gasteiger partial charge in [0.15, 0.2) is 5.82 Å². The van der Waals surface area contributed by atoms with Gasteiger partial charge in [0, 0.05) is 13.0 Å². The van der Waals surface area contributed by atoms with Crippen LogP contribution in [0.15, 0.2) is 0 Å². The first kappa shape index (κ1) is 10.6. The summed E-state index contributed by atoms with van der Waals surface area (Å²) < 4.78 is 6.36. The van der Waals surface area contributed by atoms with E-state index < -0.39 is 5.97 Å². The molecule has 14 heavy (non-hydrogen) atoms. The number of carboxylic acids is 1. The van der Waals surface area contributed by atoms with Crippen molar-refractivity contribution in [3.8, 4) is 0 Å². The zero-order valence-corrected chi connectivity index (χ0v) is 7.88. The van der Waals surface area contributed by atoms with Gasteiger partial charge in [0.05, 0.1) is 6.61 Å². The van der Waals surface area contributed by atoms with Crippen molar-refractivity contribution in [3.63, 3.8) is 0 Å². The highest BCUT2D eigenvalue weighted by molar-refractivity contribution is 5.66. The molecule has 1 aromatic rings. The second-order valence-corrected chi connectivity index (χ2v) is 2.59. The van der Waals surface area contributed by atoms with Crippen LogP contribution in [0.1, 0.15) is 12.7 Å². The third-order valence-corrected chi connectivity index (χ3v) is 1.57. The lowest BCUT2D eigenvalue weighted by Crippen LogP contribution is -2.14. The number of aliphatic carboxylic acids is 1. The summed E-state index contributed by atoms with van der Waals surface area (Å²) in [6.07, 6.45) is 0.522. The lowest BCUT2D eigenvalue weighted by molar-refractivity contribution is -0.138. The molecule has 78 valence electrons. The van der Waals surface area contributed by atoms with Crippen molar-refractivity contribution in [2.45, 2.75) is 19.9 Å². The van der Waals surface area contributed by atoms with E-state index >= 15 is 0 Å². The maximum atomic E-state index is 10.4. The highest BCUT2D eigenvalue weighted by Gasteiger charge is 2.08. The minimum atomic E-state index is -0.963. The number of carboxylic acid groups (broad SMARTS) is 1. The van der Waals surface area contributed by atoms with Crippen LogP contribution in [0.25, 0.3) is 0 Å². The van der Waals surface area contributed by atoms with Crippen molar-refractivity contribution >= 4 is 5.97 Å². The Morgan fingerprint density at radius 2 is 2.43 bits per heavy atom. The molecular weight excluding hydrogens is 188 g/mol. The molecule has 0 amide bonds. The number of carbonyl (C=O) groups is 1. The summed E-state index contributed by atoms with van der Waals surface area (Å²) >= 11 is 0. The Hall–Kier alpha value is -1.50. The summed E-state index contributed by atoms with van der Waals surface area (Å²) in [5.41, 5.74) is 0. The van der Waals surface area contributed by atoms with E-state index in [1.54, 1.807) is 0 Å². The normalized spacial score (nSPS) is 10.4. The number of nitrogens with zero attached hydrogens (tertiary/aromatic N) is 4. The van der Waals surface area contributed by atoms with Crippen LogP contribution in [0.3, 0.4) is 0 Å². The van der Waals surface area contributed by atoms with Crippen molar-refractivity contribution in [2.24, 2.45) is 0 Å². The van der Waals surface area contributed by atoms with Crippen molar-refractivity contribution < 1.29 is 14.6 Å². The van der Waals surface area contributed by atoms with E-state index in [1.165, 1.54) is 4.68 Å². The molecule has 0 aromatic carbocycles. The summed E-state index contributed by atoms with van der Waals surface area (Å²) in [6, 6.07) is 0. The van der Waals surface area contributed by atoms with Crippen LogP contribution >= 0.6 is 0 Å². The number of tetrazole rings is 1. The van der Waals surface area contributed by atoms with Crippen molar-refractivity contribution in [2.75, 3.05) is 13.2 Å². The fraction of sp³-hybridized carbons (Fsp3) is 0.714. The van der Waals surface area contributed by atoms with E-state index in [0.29, 0.717) is 25.5 Å². The topological polar surface area (TPSA) is 90.1 Å². The number of hydrogen-bond acceptors (Lipinski definition) is 5. The highest BCUT2D eigenvalue weighted by Crippen LogP contribution is 1.94. The molecule has 0 radical (unpaired) electrons. The molecule has 0 aliphatic carbocycles. The molecule has 0 atom stereocenters.